The van der Waals surface area contributed by atoms with E-state index in [4.69, 9.17) is 4.74 Å². The topological polar surface area (TPSA) is 26.3 Å². The van der Waals surface area contributed by atoms with Gasteiger partial charge < -0.3 is 4.74 Å². The number of rotatable bonds is 5. The Balaban J connectivity index is 1.60. The zero-order valence-corrected chi connectivity index (χ0v) is 15.2. The van der Waals surface area contributed by atoms with Crippen LogP contribution in [0.25, 0.3) is 21.5 Å². The zero-order valence-electron chi connectivity index (χ0n) is 12.7. The van der Waals surface area contributed by atoms with E-state index in [2.05, 4.69) is 42.5 Å². The maximum atomic E-state index is 11.2. The highest BCUT2D eigenvalue weighted by Gasteiger charge is 2.08. The van der Waals surface area contributed by atoms with Crippen molar-refractivity contribution in [3.8, 4) is 5.75 Å². The Kier molecular flexibility index (Phi) is 4.56. The van der Waals surface area contributed by atoms with E-state index in [1.165, 1.54) is 33.4 Å². The number of hydrogen-bond acceptors (Lipinski definition) is 5. The highest BCUT2D eigenvalue weighted by molar-refractivity contribution is 8.01. The van der Waals surface area contributed by atoms with Crippen LogP contribution in [0.3, 0.4) is 0 Å². The first-order valence-electron chi connectivity index (χ1n) is 7.56. The largest absolute Gasteiger partial charge is 0.491 e. The SMILES string of the molecule is O=c1scc(SCCOc2c3ccccc3cc3ccccc23)s1. The van der Waals surface area contributed by atoms with Crippen LogP contribution in [-0.4, -0.2) is 12.4 Å². The van der Waals surface area contributed by atoms with Gasteiger partial charge in [-0.15, -0.1) is 11.8 Å². The number of fused-ring (bicyclic) bond motifs is 2. The third-order valence-electron chi connectivity index (χ3n) is 3.73. The molecular formula is C19H14O2S3. The summed E-state index contributed by atoms with van der Waals surface area (Å²) in [6.45, 7) is 0.611. The summed E-state index contributed by atoms with van der Waals surface area (Å²) in [6, 6.07) is 18.8. The van der Waals surface area contributed by atoms with E-state index >= 15 is 0 Å². The molecule has 120 valence electrons. The van der Waals surface area contributed by atoms with E-state index < -0.39 is 0 Å². The average Bonchev–Trinajstić information content (AvgIpc) is 3.03. The van der Waals surface area contributed by atoms with Gasteiger partial charge in [-0.1, -0.05) is 71.2 Å². The number of hydrogen-bond donors (Lipinski definition) is 0. The molecule has 0 saturated heterocycles. The van der Waals surface area contributed by atoms with Gasteiger partial charge in [-0.2, -0.15) is 0 Å². The second-order valence-electron chi connectivity index (χ2n) is 5.25. The minimum Gasteiger partial charge on any atom is -0.491 e. The summed E-state index contributed by atoms with van der Waals surface area (Å²) in [5.41, 5.74) is 0. The molecule has 1 aromatic heterocycles. The summed E-state index contributed by atoms with van der Waals surface area (Å²) in [7, 11) is 0. The average molecular weight is 371 g/mol. The quantitative estimate of drug-likeness (QED) is 0.258. The summed E-state index contributed by atoms with van der Waals surface area (Å²) in [5.74, 6) is 1.77. The van der Waals surface area contributed by atoms with E-state index in [1.54, 1.807) is 11.8 Å². The van der Waals surface area contributed by atoms with Crippen molar-refractivity contribution in [3.63, 3.8) is 0 Å². The lowest BCUT2D eigenvalue weighted by Gasteiger charge is -2.13. The van der Waals surface area contributed by atoms with E-state index in [1.807, 2.05) is 17.5 Å². The Bertz CT molecular complexity index is 995. The van der Waals surface area contributed by atoms with Gasteiger partial charge in [0.25, 0.3) is 4.06 Å². The third-order valence-corrected chi connectivity index (χ3v) is 6.98. The molecule has 0 unspecified atom stereocenters. The van der Waals surface area contributed by atoms with Gasteiger partial charge in [0.15, 0.2) is 0 Å². The minimum atomic E-state index is 0.151. The van der Waals surface area contributed by atoms with Crippen molar-refractivity contribution in [2.24, 2.45) is 0 Å². The van der Waals surface area contributed by atoms with Gasteiger partial charge in [0.05, 0.1) is 10.8 Å². The van der Waals surface area contributed by atoms with Crippen molar-refractivity contribution in [3.05, 3.63) is 68.8 Å². The summed E-state index contributed by atoms with van der Waals surface area (Å²) in [6.07, 6.45) is 0. The molecule has 0 aliphatic heterocycles. The molecule has 0 N–H and O–H groups in total. The van der Waals surface area contributed by atoms with Crippen LogP contribution in [0.2, 0.25) is 0 Å². The smallest absolute Gasteiger partial charge is 0.288 e. The van der Waals surface area contributed by atoms with Crippen LogP contribution in [0.4, 0.5) is 0 Å². The van der Waals surface area contributed by atoms with Gasteiger partial charge in [-0.25, -0.2) is 0 Å². The first kappa shape index (κ1) is 15.7. The highest BCUT2D eigenvalue weighted by Crippen LogP contribution is 2.35. The predicted molar refractivity (Wildman–Crippen MR) is 106 cm³/mol. The van der Waals surface area contributed by atoms with Crippen LogP contribution in [0.1, 0.15) is 0 Å². The molecule has 0 amide bonds. The number of benzene rings is 3. The first-order valence-corrected chi connectivity index (χ1v) is 10.2. The Morgan fingerprint density at radius 3 is 2.25 bits per heavy atom. The molecule has 1 heterocycles. The van der Waals surface area contributed by atoms with Crippen LogP contribution in [-0.2, 0) is 0 Å². The van der Waals surface area contributed by atoms with Crippen molar-refractivity contribution in [2.75, 3.05) is 12.4 Å². The Morgan fingerprint density at radius 2 is 1.62 bits per heavy atom. The van der Waals surface area contributed by atoms with Crippen molar-refractivity contribution in [2.45, 2.75) is 4.21 Å². The molecule has 0 saturated carbocycles. The maximum absolute atomic E-state index is 11.2. The van der Waals surface area contributed by atoms with Crippen LogP contribution in [0.5, 0.6) is 5.75 Å². The lowest BCUT2D eigenvalue weighted by atomic mass is 10.0. The van der Waals surface area contributed by atoms with Crippen LogP contribution in [0.15, 0.2) is 69.0 Å². The Morgan fingerprint density at radius 1 is 0.958 bits per heavy atom. The fourth-order valence-corrected chi connectivity index (χ4v) is 5.66. The molecule has 4 rings (SSSR count). The summed E-state index contributed by atoms with van der Waals surface area (Å²) in [5, 5.41) is 6.58. The molecule has 24 heavy (non-hydrogen) atoms. The molecule has 0 atom stereocenters. The standard InChI is InChI=1S/C19H14O2S3/c20-19-23-12-17(24-19)22-10-9-21-18-15-7-3-1-5-13(15)11-14-6-2-4-8-16(14)18/h1-8,11-12H,9-10H2. The minimum absolute atomic E-state index is 0.151. The lowest BCUT2D eigenvalue weighted by molar-refractivity contribution is 0.352. The molecule has 4 aromatic rings. The number of thioether (sulfide) groups is 1. The monoisotopic (exact) mass is 370 g/mol. The van der Waals surface area contributed by atoms with Gasteiger partial charge in [0, 0.05) is 21.9 Å². The van der Waals surface area contributed by atoms with Crippen LogP contribution >= 0.6 is 34.4 Å². The maximum Gasteiger partial charge on any atom is 0.288 e. The fraction of sp³-hybridized carbons (Fsp3) is 0.105. The second-order valence-corrected chi connectivity index (χ2v) is 8.76. The van der Waals surface area contributed by atoms with Crippen LogP contribution in [0, 0.1) is 0 Å². The van der Waals surface area contributed by atoms with Gasteiger partial charge in [-0.05, 0) is 16.8 Å². The molecule has 0 bridgehead atoms. The molecule has 2 nitrogen and oxygen atoms in total. The molecule has 0 aliphatic carbocycles. The Labute approximate surface area is 151 Å². The molecule has 0 aliphatic rings. The highest BCUT2D eigenvalue weighted by atomic mass is 32.2. The predicted octanol–water partition coefficient (Wildman–Crippen LogP) is 5.65. The Hall–Kier alpha value is -1.82. The van der Waals surface area contributed by atoms with E-state index in [0.29, 0.717) is 6.61 Å². The molecule has 5 heteroatoms. The van der Waals surface area contributed by atoms with Gasteiger partial charge in [-0.3, -0.25) is 4.79 Å². The van der Waals surface area contributed by atoms with Crippen molar-refractivity contribution < 1.29 is 4.74 Å². The molecule has 3 aromatic carbocycles. The van der Waals surface area contributed by atoms with Crippen molar-refractivity contribution >= 4 is 56.0 Å². The lowest BCUT2D eigenvalue weighted by Crippen LogP contribution is -2.01. The molecule has 0 spiro atoms. The van der Waals surface area contributed by atoms with E-state index in [9.17, 15) is 4.79 Å². The summed E-state index contributed by atoms with van der Waals surface area (Å²) < 4.78 is 7.39. The number of ether oxygens (including phenoxy) is 1. The normalized spacial score (nSPS) is 11.2. The van der Waals surface area contributed by atoms with Crippen molar-refractivity contribution in [1.82, 2.24) is 0 Å². The first-order chi connectivity index (χ1) is 11.8. The van der Waals surface area contributed by atoms with Gasteiger partial charge >= 0.3 is 0 Å². The fourth-order valence-electron chi connectivity index (χ4n) is 2.70. The van der Waals surface area contributed by atoms with Gasteiger partial charge in [0.1, 0.15) is 5.75 Å². The van der Waals surface area contributed by atoms with Crippen molar-refractivity contribution in [1.29, 1.82) is 0 Å². The second kappa shape index (κ2) is 6.97. The molecule has 0 fully saturated rings. The zero-order chi connectivity index (χ0) is 16.4. The summed E-state index contributed by atoms with van der Waals surface area (Å²) >= 11 is 4.25. The molecular weight excluding hydrogens is 356 g/mol. The van der Waals surface area contributed by atoms with Gasteiger partial charge in [0.2, 0.25) is 0 Å². The van der Waals surface area contributed by atoms with Crippen LogP contribution < -0.4 is 8.79 Å². The molecule has 0 radical (unpaired) electrons. The van der Waals surface area contributed by atoms with E-state index in [0.717, 1.165) is 26.5 Å². The summed E-state index contributed by atoms with van der Waals surface area (Å²) in [4.78, 5) is 11.2. The van der Waals surface area contributed by atoms with E-state index in [-0.39, 0.29) is 4.06 Å². The third kappa shape index (κ3) is 3.20.